The van der Waals surface area contributed by atoms with Crippen molar-refractivity contribution in [3.05, 3.63) is 65.2 Å². The minimum Gasteiger partial charge on any atom is -0.492 e. The Labute approximate surface area is 195 Å². The number of anilines is 1. The molecule has 0 radical (unpaired) electrons. The monoisotopic (exact) mass is 475 g/mol. The fourth-order valence-electron chi connectivity index (χ4n) is 3.42. The van der Waals surface area contributed by atoms with Crippen molar-refractivity contribution < 1.29 is 37.0 Å². The third-order valence-electron chi connectivity index (χ3n) is 5.07. The van der Waals surface area contributed by atoms with E-state index in [1.807, 2.05) is 26.0 Å². The number of carbonyl (C=O) groups excluding carboxylic acids is 2. The summed E-state index contributed by atoms with van der Waals surface area (Å²) in [4.78, 5) is 24.4. The average Bonchev–Trinajstić information content (AvgIpc) is 2.79. The molecule has 1 aliphatic heterocycles. The molecule has 0 aliphatic carbocycles. The van der Waals surface area contributed by atoms with Gasteiger partial charge in [0.25, 0.3) is 0 Å². The van der Waals surface area contributed by atoms with Gasteiger partial charge in [-0.15, -0.1) is 0 Å². The zero-order valence-corrected chi connectivity index (χ0v) is 19.1. The van der Waals surface area contributed by atoms with Crippen LogP contribution in [0, 0.1) is 0 Å². The number of halogens is 3. The van der Waals surface area contributed by atoms with Gasteiger partial charge in [0.1, 0.15) is 5.60 Å². The summed E-state index contributed by atoms with van der Waals surface area (Å²) < 4.78 is 56.6. The molecule has 2 aromatic rings. The molecule has 3 rings (SSSR count). The molecule has 0 spiro atoms. The lowest BCUT2D eigenvalue weighted by Gasteiger charge is -2.31. The summed E-state index contributed by atoms with van der Waals surface area (Å²) in [5, 5.41) is 0. The molecule has 6 nitrogen and oxygen atoms in total. The lowest BCUT2D eigenvalue weighted by Crippen LogP contribution is -2.41. The quantitative estimate of drug-likeness (QED) is 0.427. The van der Waals surface area contributed by atoms with Crippen LogP contribution in [0.4, 0.5) is 18.9 Å². The van der Waals surface area contributed by atoms with Crippen LogP contribution in [0.3, 0.4) is 0 Å². The van der Waals surface area contributed by atoms with Gasteiger partial charge < -0.3 is 19.1 Å². The highest BCUT2D eigenvalue weighted by atomic mass is 19.4. The van der Waals surface area contributed by atoms with Gasteiger partial charge in [0.05, 0.1) is 20.8 Å². The van der Waals surface area contributed by atoms with Crippen LogP contribution in [0.5, 0.6) is 11.5 Å². The fraction of sp³-hybridized carbons (Fsp3) is 0.280. The molecule has 0 atom stereocenters. The molecule has 0 unspecified atom stereocenters. The summed E-state index contributed by atoms with van der Waals surface area (Å²) in [5.41, 5.74) is 0.815. The van der Waals surface area contributed by atoms with Crippen molar-refractivity contribution >= 4 is 29.7 Å². The van der Waals surface area contributed by atoms with Crippen LogP contribution in [0.1, 0.15) is 30.5 Å². The summed E-state index contributed by atoms with van der Waals surface area (Å²) in [6, 6.07) is 9.12. The number of alkyl halides is 3. The first kappa shape index (κ1) is 24.9. The van der Waals surface area contributed by atoms with E-state index in [9.17, 15) is 22.8 Å². The van der Waals surface area contributed by atoms with Crippen LogP contribution in [0.25, 0.3) is 12.2 Å². The van der Waals surface area contributed by atoms with Gasteiger partial charge in [0.15, 0.2) is 11.5 Å². The number of ether oxygens (including phenoxy) is 3. The summed E-state index contributed by atoms with van der Waals surface area (Å²) in [6.45, 7) is 3.25. The Morgan fingerprint density at radius 1 is 1.15 bits per heavy atom. The van der Waals surface area contributed by atoms with Crippen molar-refractivity contribution in [3.63, 3.8) is 0 Å². The standard InChI is InChI=1S/C25H24F3NO5/c1-24(2)13-12-17-9-10-18(21(33-4)22(17)34-24)15-29(23(31)25(26,27)28)19-7-5-6-16(14-19)8-11-20(30)32-3/h5-14H,15H2,1-4H3/b11-8+. The maximum absolute atomic E-state index is 13.5. The van der Waals surface area contributed by atoms with Gasteiger partial charge in [-0.05, 0) is 43.7 Å². The van der Waals surface area contributed by atoms with E-state index in [-0.39, 0.29) is 11.4 Å². The third kappa shape index (κ3) is 5.59. The number of rotatable bonds is 6. The fourth-order valence-corrected chi connectivity index (χ4v) is 3.42. The first-order valence-electron chi connectivity index (χ1n) is 10.3. The lowest BCUT2D eigenvalue weighted by atomic mass is 10.00. The normalized spacial score (nSPS) is 14.3. The summed E-state index contributed by atoms with van der Waals surface area (Å²) in [7, 11) is 2.60. The summed E-state index contributed by atoms with van der Waals surface area (Å²) in [6.07, 6.45) is 1.12. The van der Waals surface area contributed by atoms with E-state index in [1.165, 1.54) is 38.5 Å². The van der Waals surface area contributed by atoms with Crippen LogP contribution in [-0.2, 0) is 20.9 Å². The predicted octanol–water partition coefficient (Wildman–Crippen LogP) is 5.16. The maximum Gasteiger partial charge on any atom is 0.471 e. The number of hydrogen-bond donors (Lipinski definition) is 0. The second-order valence-electron chi connectivity index (χ2n) is 8.06. The van der Waals surface area contributed by atoms with Gasteiger partial charge in [-0.3, -0.25) is 4.79 Å². The summed E-state index contributed by atoms with van der Waals surface area (Å²) >= 11 is 0. The van der Waals surface area contributed by atoms with Crippen molar-refractivity contribution in [1.82, 2.24) is 0 Å². The van der Waals surface area contributed by atoms with Gasteiger partial charge in [-0.25, -0.2) is 4.79 Å². The number of nitrogens with zero attached hydrogens (tertiary/aromatic N) is 1. The van der Waals surface area contributed by atoms with Gasteiger partial charge in [0.2, 0.25) is 0 Å². The number of esters is 1. The van der Waals surface area contributed by atoms with Crippen LogP contribution in [0.2, 0.25) is 0 Å². The molecule has 0 aromatic heterocycles. The largest absolute Gasteiger partial charge is 0.492 e. The van der Waals surface area contributed by atoms with E-state index in [2.05, 4.69) is 4.74 Å². The molecule has 34 heavy (non-hydrogen) atoms. The van der Waals surface area contributed by atoms with E-state index in [0.29, 0.717) is 27.3 Å². The highest BCUT2D eigenvalue weighted by Gasteiger charge is 2.43. The Balaban J connectivity index is 2.05. The van der Waals surface area contributed by atoms with Crippen LogP contribution in [0.15, 0.2) is 48.6 Å². The first-order valence-corrected chi connectivity index (χ1v) is 10.3. The molecule has 2 aromatic carbocycles. The second kappa shape index (κ2) is 9.62. The van der Waals surface area contributed by atoms with E-state index in [4.69, 9.17) is 9.47 Å². The molecule has 0 saturated heterocycles. The molecule has 0 bridgehead atoms. The summed E-state index contributed by atoms with van der Waals surface area (Å²) in [5.74, 6) is -2.02. The Morgan fingerprint density at radius 3 is 2.53 bits per heavy atom. The van der Waals surface area contributed by atoms with Crippen molar-refractivity contribution in [1.29, 1.82) is 0 Å². The number of benzene rings is 2. The minimum atomic E-state index is -5.11. The molecule has 9 heteroatoms. The molecule has 0 saturated carbocycles. The number of carbonyl (C=O) groups is 2. The Hall–Kier alpha value is -3.75. The van der Waals surface area contributed by atoms with Gasteiger partial charge in [-0.1, -0.05) is 30.3 Å². The lowest BCUT2D eigenvalue weighted by molar-refractivity contribution is -0.170. The molecular formula is C25H24F3NO5. The maximum atomic E-state index is 13.5. The molecule has 180 valence electrons. The second-order valence-corrected chi connectivity index (χ2v) is 8.06. The predicted molar refractivity (Wildman–Crippen MR) is 121 cm³/mol. The van der Waals surface area contributed by atoms with Crippen LogP contribution >= 0.6 is 0 Å². The zero-order valence-electron chi connectivity index (χ0n) is 19.1. The number of hydrogen-bond acceptors (Lipinski definition) is 5. The van der Waals surface area contributed by atoms with Gasteiger partial charge in [-0.2, -0.15) is 13.2 Å². The van der Waals surface area contributed by atoms with Crippen molar-refractivity contribution in [2.45, 2.75) is 32.2 Å². The van der Waals surface area contributed by atoms with Crippen LogP contribution < -0.4 is 14.4 Å². The molecule has 0 fully saturated rings. The molecule has 1 heterocycles. The highest BCUT2D eigenvalue weighted by Crippen LogP contribution is 2.42. The number of methoxy groups -OCH3 is 2. The molecule has 0 N–H and O–H groups in total. The van der Waals surface area contributed by atoms with Crippen LogP contribution in [-0.4, -0.2) is 37.9 Å². The molecular weight excluding hydrogens is 451 g/mol. The van der Waals surface area contributed by atoms with E-state index in [1.54, 1.807) is 18.2 Å². The number of amides is 1. The van der Waals surface area contributed by atoms with Gasteiger partial charge in [0, 0.05) is 22.9 Å². The third-order valence-corrected chi connectivity index (χ3v) is 5.07. The van der Waals surface area contributed by atoms with Crippen molar-refractivity contribution in [2.24, 2.45) is 0 Å². The smallest absolute Gasteiger partial charge is 0.471 e. The molecule has 1 amide bonds. The average molecular weight is 475 g/mol. The Morgan fingerprint density at radius 2 is 1.88 bits per heavy atom. The number of fused-ring (bicyclic) bond motifs is 1. The SMILES string of the molecule is COC(=O)/C=C/c1cccc(N(Cc2ccc3c(c2OC)OC(C)(C)C=C3)C(=O)C(F)(F)F)c1. The van der Waals surface area contributed by atoms with E-state index >= 15 is 0 Å². The van der Waals surface area contributed by atoms with Crippen molar-refractivity contribution in [3.8, 4) is 11.5 Å². The minimum absolute atomic E-state index is 0.00439. The topological polar surface area (TPSA) is 65.1 Å². The Bertz CT molecular complexity index is 1150. The van der Waals surface area contributed by atoms with E-state index in [0.717, 1.165) is 6.08 Å². The van der Waals surface area contributed by atoms with Crippen molar-refractivity contribution in [2.75, 3.05) is 19.1 Å². The van der Waals surface area contributed by atoms with Gasteiger partial charge >= 0.3 is 18.1 Å². The highest BCUT2D eigenvalue weighted by molar-refractivity contribution is 5.97. The zero-order chi connectivity index (χ0) is 25.1. The van der Waals surface area contributed by atoms with E-state index < -0.39 is 30.2 Å². The first-order chi connectivity index (χ1) is 15.9. The molecule has 1 aliphatic rings. The Kier molecular flexibility index (Phi) is 7.04.